The average molecular weight is 143 g/mol. The molecular weight excluding hydrogens is 134 g/mol. The molecule has 1 heterocycles. The topological polar surface area (TPSA) is 40.7 Å². The van der Waals surface area contributed by atoms with Crippen LogP contribution in [0.1, 0.15) is 6.92 Å². The van der Waals surface area contributed by atoms with Crippen LogP contribution in [-0.4, -0.2) is 15.6 Å². The highest BCUT2D eigenvalue weighted by molar-refractivity contribution is 7.81. The molecule has 0 amide bonds. The van der Waals surface area contributed by atoms with Gasteiger partial charge in [0.2, 0.25) is 0 Å². The van der Waals surface area contributed by atoms with E-state index in [9.17, 15) is 0 Å². The molecule has 4 heteroatoms. The van der Waals surface area contributed by atoms with Crippen molar-refractivity contribution in [3.8, 4) is 0 Å². The third-order valence-corrected chi connectivity index (χ3v) is 1.00. The van der Waals surface area contributed by atoms with Crippen molar-refractivity contribution in [3.05, 3.63) is 12.4 Å². The molecule has 0 aliphatic rings. The van der Waals surface area contributed by atoms with E-state index in [0.717, 1.165) is 5.69 Å². The van der Waals surface area contributed by atoms with Gasteiger partial charge in [-0.3, -0.25) is 5.10 Å². The summed E-state index contributed by atoms with van der Waals surface area (Å²) in [6.45, 7) is 1.95. The maximum atomic E-state index is 4.13. The van der Waals surface area contributed by atoms with Crippen molar-refractivity contribution < 1.29 is 0 Å². The van der Waals surface area contributed by atoms with Crippen molar-refractivity contribution in [2.75, 3.05) is 5.32 Å². The molecule has 0 spiro atoms. The Labute approximate surface area is 59.3 Å². The minimum atomic E-state index is 0.169. The molecular formula is C5H9N3S. The third kappa shape index (κ3) is 1.97. The van der Waals surface area contributed by atoms with Gasteiger partial charge in [0.1, 0.15) is 0 Å². The number of thiol groups is 1. The maximum Gasteiger partial charge on any atom is 0.0732 e. The second-order valence-electron chi connectivity index (χ2n) is 1.81. The van der Waals surface area contributed by atoms with Gasteiger partial charge in [-0.25, -0.2) is 0 Å². The molecule has 1 aromatic heterocycles. The summed E-state index contributed by atoms with van der Waals surface area (Å²) < 4.78 is 0. The van der Waals surface area contributed by atoms with Crippen LogP contribution in [0.4, 0.5) is 5.69 Å². The molecule has 1 rings (SSSR count). The summed E-state index contributed by atoms with van der Waals surface area (Å²) in [7, 11) is 0. The van der Waals surface area contributed by atoms with E-state index < -0.39 is 0 Å². The predicted octanol–water partition coefficient (Wildman–Crippen LogP) is 1.10. The first-order valence-corrected chi connectivity index (χ1v) is 3.24. The van der Waals surface area contributed by atoms with Crippen molar-refractivity contribution in [1.29, 1.82) is 0 Å². The Hall–Kier alpha value is -0.640. The Kier molecular flexibility index (Phi) is 2.00. The van der Waals surface area contributed by atoms with Gasteiger partial charge in [-0.1, -0.05) is 0 Å². The molecule has 0 aromatic carbocycles. The fourth-order valence-corrected chi connectivity index (χ4v) is 0.720. The lowest BCUT2D eigenvalue weighted by atomic mass is 10.5. The van der Waals surface area contributed by atoms with Crippen LogP contribution in [0.2, 0.25) is 0 Å². The Balaban J connectivity index is 2.48. The molecule has 1 unspecified atom stereocenters. The zero-order valence-corrected chi connectivity index (χ0v) is 6.02. The predicted molar refractivity (Wildman–Crippen MR) is 40.7 cm³/mol. The molecule has 50 valence electrons. The Bertz CT molecular complexity index is 159. The van der Waals surface area contributed by atoms with Crippen LogP contribution in [0, 0.1) is 0 Å². The first-order chi connectivity index (χ1) is 4.29. The van der Waals surface area contributed by atoms with Crippen LogP contribution < -0.4 is 5.32 Å². The lowest BCUT2D eigenvalue weighted by Crippen LogP contribution is -2.05. The zero-order chi connectivity index (χ0) is 6.69. The average Bonchev–Trinajstić information content (AvgIpc) is 2.15. The summed E-state index contributed by atoms with van der Waals surface area (Å²) in [6.07, 6.45) is 3.50. The Morgan fingerprint density at radius 3 is 3.11 bits per heavy atom. The lowest BCUT2D eigenvalue weighted by Gasteiger charge is -2.03. The van der Waals surface area contributed by atoms with Gasteiger partial charge in [-0.05, 0) is 6.92 Å². The number of H-pyrrole nitrogens is 1. The number of hydrogen-bond donors (Lipinski definition) is 3. The number of aromatic amines is 1. The van der Waals surface area contributed by atoms with E-state index in [0.29, 0.717) is 0 Å². The summed E-state index contributed by atoms with van der Waals surface area (Å²) in [5.41, 5.74) is 0.970. The fraction of sp³-hybridized carbons (Fsp3) is 0.400. The first kappa shape index (κ1) is 6.48. The second-order valence-corrected chi connectivity index (χ2v) is 2.58. The van der Waals surface area contributed by atoms with Gasteiger partial charge in [0, 0.05) is 6.20 Å². The van der Waals surface area contributed by atoms with Crippen LogP contribution in [0.25, 0.3) is 0 Å². The molecule has 0 radical (unpaired) electrons. The van der Waals surface area contributed by atoms with E-state index in [1.165, 1.54) is 0 Å². The van der Waals surface area contributed by atoms with Gasteiger partial charge < -0.3 is 5.32 Å². The molecule has 0 aliphatic heterocycles. The SMILES string of the molecule is CC(S)Nc1cn[nH]c1. The van der Waals surface area contributed by atoms with Crippen LogP contribution in [-0.2, 0) is 0 Å². The van der Waals surface area contributed by atoms with E-state index in [1.54, 1.807) is 12.4 Å². The summed E-state index contributed by atoms with van der Waals surface area (Å²) in [5, 5.41) is 9.67. The van der Waals surface area contributed by atoms with Gasteiger partial charge in [0.05, 0.1) is 17.3 Å². The molecule has 0 saturated carbocycles. The zero-order valence-electron chi connectivity index (χ0n) is 5.13. The van der Waals surface area contributed by atoms with Crippen molar-refractivity contribution in [2.24, 2.45) is 0 Å². The largest absolute Gasteiger partial charge is 0.371 e. The smallest absolute Gasteiger partial charge is 0.0732 e. The number of nitrogens with zero attached hydrogens (tertiary/aromatic N) is 1. The lowest BCUT2D eigenvalue weighted by molar-refractivity contribution is 1.09. The van der Waals surface area contributed by atoms with Crippen molar-refractivity contribution in [3.63, 3.8) is 0 Å². The van der Waals surface area contributed by atoms with E-state index in [-0.39, 0.29) is 5.37 Å². The van der Waals surface area contributed by atoms with Gasteiger partial charge >= 0.3 is 0 Å². The van der Waals surface area contributed by atoms with Crippen LogP contribution in [0.15, 0.2) is 12.4 Å². The maximum absolute atomic E-state index is 4.13. The van der Waals surface area contributed by atoms with E-state index in [4.69, 9.17) is 0 Å². The van der Waals surface area contributed by atoms with Gasteiger partial charge in [0.25, 0.3) is 0 Å². The van der Waals surface area contributed by atoms with E-state index >= 15 is 0 Å². The van der Waals surface area contributed by atoms with Crippen LogP contribution >= 0.6 is 12.6 Å². The normalized spacial score (nSPS) is 13.1. The molecule has 1 atom stereocenters. The molecule has 1 aromatic rings. The van der Waals surface area contributed by atoms with E-state index in [2.05, 4.69) is 28.1 Å². The van der Waals surface area contributed by atoms with Gasteiger partial charge in [-0.15, -0.1) is 0 Å². The first-order valence-electron chi connectivity index (χ1n) is 2.72. The molecule has 0 fully saturated rings. The van der Waals surface area contributed by atoms with Crippen molar-refractivity contribution in [1.82, 2.24) is 10.2 Å². The Morgan fingerprint density at radius 1 is 1.89 bits per heavy atom. The van der Waals surface area contributed by atoms with Crippen LogP contribution in [0.3, 0.4) is 0 Å². The molecule has 0 bridgehead atoms. The van der Waals surface area contributed by atoms with Crippen LogP contribution in [0.5, 0.6) is 0 Å². The highest BCUT2D eigenvalue weighted by atomic mass is 32.1. The summed E-state index contributed by atoms with van der Waals surface area (Å²) in [5.74, 6) is 0. The molecule has 2 N–H and O–H groups in total. The summed E-state index contributed by atoms with van der Waals surface area (Å²) in [6, 6.07) is 0. The monoisotopic (exact) mass is 143 g/mol. The fourth-order valence-electron chi connectivity index (χ4n) is 0.571. The highest BCUT2D eigenvalue weighted by Gasteiger charge is 1.93. The molecule has 9 heavy (non-hydrogen) atoms. The number of hydrogen-bond acceptors (Lipinski definition) is 3. The standard InChI is InChI=1S/C5H9N3S/c1-4(9)8-5-2-6-7-3-5/h2-4,8-9H,1H3,(H,6,7). The number of nitrogens with one attached hydrogen (secondary N) is 2. The minimum absolute atomic E-state index is 0.169. The number of aromatic nitrogens is 2. The molecule has 0 saturated heterocycles. The van der Waals surface area contributed by atoms with Crippen molar-refractivity contribution >= 4 is 18.3 Å². The molecule has 0 aliphatic carbocycles. The highest BCUT2D eigenvalue weighted by Crippen LogP contribution is 2.04. The van der Waals surface area contributed by atoms with Gasteiger partial charge in [0.15, 0.2) is 0 Å². The minimum Gasteiger partial charge on any atom is -0.371 e. The summed E-state index contributed by atoms with van der Waals surface area (Å²) >= 11 is 4.13. The molecule has 3 nitrogen and oxygen atoms in total. The second kappa shape index (κ2) is 2.77. The van der Waals surface area contributed by atoms with Crippen molar-refractivity contribution in [2.45, 2.75) is 12.3 Å². The Morgan fingerprint density at radius 2 is 2.67 bits per heavy atom. The van der Waals surface area contributed by atoms with Gasteiger partial charge in [-0.2, -0.15) is 17.7 Å². The van der Waals surface area contributed by atoms with E-state index in [1.807, 2.05) is 6.92 Å². The number of rotatable bonds is 2. The quantitative estimate of drug-likeness (QED) is 0.428. The summed E-state index contributed by atoms with van der Waals surface area (Å²) in [4.78, 5) is 0. The third-order valence-electron chi connectivity index (χ3n) is 0.874. The number of anilines is 1.